The first-order valence-corrected chi connectivity index (χ1v) is 8.36. The predicted octanol–water partition coefficient (Wildman–Crippen LogP) is 3.61. The van der Waals surface area contributed by atoms with Crippen LogP contribution in [-0.2, 0) is 0 Å². The molecule has 0 aliphatic carbocycles. The standard InChI is InChI=1S/C12H8BrN5S2/c13-11-4-3-9(20-11)7-6-8(10-2-1-5-19-10)18-12(14-7)15-16-17-18/h1-6,8H,(H,14,15,17). The summed E-state index contributed by atoms with van der Waals surface area (Å²) in [6, 6.07) is 8.31. The quantitative estimate of drug-likeness (QED) is 0.753. The molecular formula is C12H8BrN5S2. The van der Waals surface area contributed by atoms with Crippen LogP contribution in [0.25, 0.3) is 5.70 Å². The minimum atomic E-state index is 0.0390. The van der Waals surface area contributed by atoms with Crippen molar-refractivity contribution in [2.24, 2.45) is 0 Å². The highest BCUT2D eigenvalue weighted by Crippen LogP contribution is 2.36. The Morgan fingerprint density at radius 1 is 1.30 bits per heavy atom. The van der Waals surface area contributed by atoms with Gasteiger partial charge in [0.1, 0.15) is 6.04 Å². The van der Waals surface area contributed by atoms with Crippen LogP contribution in [0.1, 0.15) is 15.8 Å². The second-order valence-electron chi connectivity index (χ2n) is 4.22. The predicted molar refractivity (Wildman–Crippen MR) is 83.9 cm³/mol. The van der Waals surface area contributed by atoms with Crippen molar-refractivity contribution in [3.8, 4) is 0 Å². The lowest BCUT2D eigenvalue weighted by atomic mass is 10.1. The third-order valence-electron chi connectivity index (χ3n) is 3.00. The molecule has 0 bridgehead atoms. The molecule has 1 aliphatic heterocycles. The SMILES string of the molecule is Brc1ccc(C2=CC(c3cccs3)n3nnnc3N2)s1. The molecule has 1 atom stereocenters. The van der Waals surface area contributed by atoms with Crippen molar-refractivity contribution >= 4 is 50.2 Å². The lowest BCUT2D eigenvalue weighted by Gasteiger charge is -2.21. The summed E-state index contributed by atoms with van der Waals surface area (Å²) >= 11 is 6.88. The van der Waals surface area contributed by atoms with Gasteiger partial charge in [-0.3, -0.25) is 0 Å². The van der Waals surface area contributed by atoms with Crippen molar-refractivity contribution < 1.29 is 0 Å². The fraction of sp³-hybridized carbons (Fsp3) is 0.0833. The fourth-order valence-corrected chi connectivity index (χ4v) is 4.26. The van der Waals surface area contributed by atoms with Gasteiger partial charge in [-0.2, -0.15) is 4.68 Å². The molecule has 4 rings (SSSR count). The van der Waals surface area contributed by atoms with E-state index in [4.69, 9.17) is 0 Å². The van der Waals surface area contributed by atoms with Crippen molar-refractivity contribution in [3.05, 3.63) is 49.3 Å². The van der Waals surface area contributed by atoms with Crippen LogP contribution in [0, 0.1) is 0 Å². The maximum Gasteiger partial charge on any atom is 0.248 e. The molecule has 0 radical (unpaired) electrons. The molecule has 1 aliphatic rings. The molecule has 0 spiro atoms. The maximum atomic E-state index is 4.08. The molecule has 0 aromatic carbocycles. The third-order valence-corrected chi connectivity index (χ3v) is 5.60. The van der Waals surface area contributed by atoms with E-state index in [1.54, 1.807) is 27.4 Å². The molecule has 4 heterocycles. The van der Waals surface area contributed by atoms with Gasteiger partial charge in [0.05, 0.1) is 14.4 Å². The highest BCUT2D eigenvalue weighted by atomic mass is 79.9. The van der Waals surface area contributed by atoms with Crippen molar-refractivity contribution in [2.45, 2.75) is 6.04 Å². The minimum Gasteiger partial charge on any atom is -0.322 e. The molecule has 3 aromatic heterocycles. The third kappa shape index (κ3) is 2.00. The highest BCUT2D eigenvalue weighted by Gasteiger charge is 2.25. The smallest absolute Gasteiger partial charge is 0.248 e. The number of thiophene rings is 2. The summed E-state index contributed by atoms with van der Waals surface area (Å²) < 4.78 is 2.91. The molecule has 5 nitrogen and oxygen atoms in total. The Labute approximate surface area is 131 Å². The first-order chi connectivity index (χ1) is 9.81. The van der Waals surface area contributed by atoms with Gasteiger partial charge < -0.3 is 5.32 Å². The number of fused-ring (bicyclic) bond motifs is 1. The molecule has 0 fully saturated rings. The van der Waals surface area contributed by atoms with E-state index in [1.807, 2.05) is 12.1 Å². The lowest BCUT2D eigenvalue weighted by Crippen LogP contribution is -2.19. The molecule has 1 unspecified atom stereocenters. The molecule has 3 aromatic rings. The van der Waals surface area contributed by atoms with E-state index < -0.39 is 0 Å². The van der Waals surface area contributed by atoms with Crippen molar-refractivity contribution in [1.29, 1.82) is 0 Å². The van der Waals surface area contributed by atoms with Gasteiger partial charge in [0.2, 0.25) is 5.95 Å². The van der Waals surface area contributed by atoms with Crippen LogP contribution in [0.3, 0.4) is 0 Å². The zero-order valence-corrected chi connectivity index (χ0v) is 13.2. The van der Waals surface area contributed by atoms with Gasteiger partial charge >= 0.3 is 0 Å². The number of anilines is 1. The van der Waals surface area contributed by atoms with Crippen molar-refractivity contribution in [1.82, 2.24) is 20.2 Å². The van der Waals surface area contributed by atoms with Gasteiger partial charge in [-0.25, -0.2) is 0 Å². The first-order valence-electron chi connectivity index (χ1n) is 5.87. The zero-order chi connectivity index (χ0) is 13.5. The lowest BCUT2D eigenvalue weighted by molar-refractivity contribution is 0.593. The Hall–Kier alpha value is -1.51. The molecule has 0 saturated heterocycles. The Balaban J connectivity index is 1.82. The number of hydrogen-bond acceptors (Lipinski definition) is 6. The summed E-state index contributed by atoms with van der Waals surface area (Å²) in [5.41, 5.74) is 1.04. The number of hydrogen-bond donors (Lipinski definition) is 1. The Bertz CT molecular complexity index is 773. The van der Waals surface area contributed by atoms with Crippen LogP contribution in [0.5, 0.6) is 0 Å². The average Bonchev–Trinajstić information content (AvgIpc) is 3.18. The van der Waals surface area contributed by atoms with Crippen LogP contribution in [-0.4, -0.2) is 20.2 Å². The van der Waals surface area contributed by atoms with Gasteiger partial charge in [0.25, 0.3) is 0 Å². The van der Waals surface area contributed by atoms with Crippen LogP contribution in [0.4, 0.5) is 5.95 Å². The van der Waals surface area contributed by atoms with Gasteiger partial charge in [-0.15, -0.1) is 22.7 Å². The van der Waals surface area contributed by atoms with Gasteiger partial charge in [0, 0.05) is 4.88 Å². The van der Waals surface area contributed by atoms with Gasteiger partial charge in [0.15, 0.2) is 0 Å². The van der Waals surface area contributed by atoms with E-state index in [2.05, 4.69) is 60.4 Å². The number of halogens is 1. The molecule has 20 heavy (non-hydrogen) atoms. The maximum absolute atomic E-state index is 4.08. The van der Waals surface area contributed by atoms with Crippen LogP contribution in [0.2, 0.25) is 0 Å². The van der Waals surface area contributed by atoms with E-state index in [0.29, 0.717) is 5.95 Å². The fourth-order valence-electron chi connectivity index (χ4n) is 2.12. The van der Waals surface area contributed by atoms with E-state index in [9.17, 15) is 0 Å². The van der Waals surface area contributed by atoms with E-state index in [-0.39, 0.29) is 6.04 Å². The number of nitrogens with zero attached hydrogens (tertiary/aromatic N) is 4. The van der Waals surface area contributed by atoms with Crippen LogP contribution >= 0.6 is 38.6 Å². The van der Waals surface area contributed by atoms with Gasteiger partial charge in [-0.1, -0.05) is 11.2 Å². The van der Waals surface area contributed by atoms with Gasteiger partial charge in [-0.05, 0) is 56.0 Å². The molecule has 0 amide bonds. The van der Waals surface area contributed by atoms with E-state index in [1.165, 1.54) is 4.88 Å². The van der Waals surface area contributed by atoms with E-state index in [0.717, 1.165) is 14.4 Å². The monoisotopic (exact) mass is 365 g/mol. The van der Waals surface area contributed by atoms with Crippen molar-refractivity contribution in [3.63, 3.8) is 0 Å². The number of allylic oxidation sites excluding steroid dienone is 1. The normalized spacial score (nSPS) is 17.4. The second kappa shape index (κ2) is 4.80. The Kier molecular flexibility index (Phi) is 2.94. The zero-order valence-electron chi connectivity index (χ0n) is 10.0. The van der Waals surface area contributed by atoms with Crippen LogP contribution in [0.15, 0.2) is 39.5 Å². The summed E-state index contributed by atoms with van der Waals surface area (Å²) in [5, 5.41) is 17.2. The molecule has 100 valence electrons. The van der Waals surface area contributed by atoms with Crippen LogP contribution < -0.4 is 5.32 Å². The number of rotatable bonds is 2. The second-order valence-corrected chi connectivity index (χ2v) is 7.66. The molecule has 8 heteroatoms. The largest absolute Gasteiger partial charge is 0.322 e. The molecular weight excluding hydrogens is 358 g/mol. The Morgan fingerprint density at radius 3 is 3.00 bits per heavy atom. The summed E-state index contributed by atoms with van der Waals surface area (Å²) in [4.78, 5) is 2.38. The molecule has 0 saturated carbocycles. The Morgan fingerprint density at radius 2 is 2.25 bits per heavy atom. The minimum absolute atomic E-state index is 0.0390. The highest BCUT2D eigenvalue weighted by molar-refractivity contribution is 9.11. The first kappa shape index (κ1) is 12.2. The average molecular weight is 366 g/mol. The van der Waals surface area contributed by atoms with E-state index >= 15 is 0 Å². The number of nitrogens with one attached hydrogen (secondary N) is 1. The summed E-state index contributed by atoms with van der Waals surface area (Å²) in [6.07, 6.45) is 2.16. The topological polar surface area (TPSA) is 55.6 Å². The number of tetrazole rings is 1. The summed E-state index contributed by atoms with van der Waals surface area (Å²) in [5.74, 6) is 0.672. The van der Waals surface area contributed by atoms with Crippen molar-refractivity contribution in [2.75, 3.05) is 5.32 Å². The molecule has 1 N–H and O–H groups in total. The number of aromatic nitrogens is 4. The summed E-state index contributed by atoms with van der Waals surface area (Å²) in [7, 11) is 0. The summed E-state index contributed by atoms with van der Waals surface area (Å²) in [6.45, 7) is 0.